The molecule has 28 heavy (non-hydrogen) atoms. The van der Waals surface area contributed by atoms with Crippen LogP contribution in [-0.2, 0) is 23.5 Å². The number of nitrogens with one attached hydrogen (secondary N) is 1. The second-order valence-electron chi connectivity index (χ2n) is 6.80. The number of rotatable bonds is 9. The highest BCUT2D eigenvalue weighted by atomic mass is 79.9. The van der Waals surface area contributed by atoms with E-state index in [9.17, 15) is 13.2 Å². The maximum Gasteiger partial charge on any atom is 0.268 e. The van der Waals surface area contributed by atoms with Gasteiger partial charge in [0.15, 0.2) is 0 Å². The molecule has 0 aliphatic rings. The summed E-state index contributed by atoms with van der Waals surface area (Å²) >= 11 is 3.42. The average Bonchev–Trinajstić information content (AvgIpc) is 3.05. The maximum atomic E-state index is 12.7. The highest BCUT2D eigenvalue weighted by Crippen LogP contribution is 2.19. The Morgan fingerprint density at radius 2 is 1.82 bits per heavy atom. The van der Waals surface area contributed by atoms with E-state index in [-0.39, 0.29) is 16.8 Å². The van der Waals surface area contributed by atoms with E-state index < -0.39 is 10.0 Å². The quantitative estimate of drug-likeness (QED) is 0.609. The maximum absolute atomic E-state index is 12.7. The lowest BCUT2D eigenvalue weighted by Gasteiger charge is -2.17. The van der Waals surface area contributed by atoms with Gasteiger partial charge in [0, 0.05) is 36.8 Å². The van der Waals surface area contributed by atoms with Crippen molar-refractivity contribution in [1.82, 2.24) is 14.2 Å². The van der Waals surface area contributed by atoms with E-state index in [0.29, 0.717) is 18.8 Å². The molecule has 1 atom stereocenters. The molecule has 1 heterocycles. The third-order valence-electron chi connectivity index (χ3n) is 4.71. The molecule has 1 aromatic carbocycles. The molecule has 0 saturated carbocycles. The summed E-state index contributed by atoms with van der Waals surface area (Å²) in [5.41, 5.74) is 1.54. The monoisotopic (exact) mass is 469 g/mol. The molecule has 0 fully saturated rings. The first-order valence-electron chi connectivity index (χ1n) is 9.40. The van der Waals surface area contributed by atoms with E-state index in [1.807, 2.05) is 19.1 Å². The predicted molar refractivity (Wildman–Crippen MR) is 115 cm³/mol. The van der Waals surface area contributed by atoms with Crippen LogP contribution in [0.3, 0.4) is 0 Å². The molecule has 2 rings (SSSR count). The molecule has 1 amide bonds. The van der Waals surface area contributed by atoms with Crippen LogP contribution in [0, 0.1) is 0 Å². The molecule has 0 radical (unpaired) electrons. The van der Waals surface area contributed by atoms with Crippen LogP contribution in [0.2, 0.25) is 0 Å². The number of carbonyl (C=O) groups excluding carboxylic acids is 1. The topological polar surface area (TPSA) is 71.4 Å². The van der Waals surface area contributed by atoms with Gasteiger partial charge < -0.3 is 9.88 Å². The van der Waals surface area contributed by atoms with Gasteiger partial charge in [0.2, 0.25) is 10.0 Å². The highest BCUT2D eigenvalue weighted by Gasteiger charge is 2.25. The summed E-state index contributed by atoms with van der Waals surface area (Å²) in [6.07, 6.45) is 3.14. The van der Waals surface area contributed by atoms with Gasteiger partial charge in [-0.3, -0.25) is 4.79 Å². The number of halogens is 1. The summed E-state index contributed by atoms with van der Waals surface area (Å²) in [6, 6.07) is 9.53. The standard InChI is InChI=1S/C20H28BrN3O3S/c1-5-24(6-2)28(26,27)18-13-19(23(4)14-18)20(25)22-15(3)7-8-16-9-11-17(21)12-10-16/h9-15H,5-8H2,1-4H3,(H,22,25). The van der Waals surface area contributed by atoms with Gasteiger partial charge in [-0.05, 0) is 43.5 Å². The zero-order valence-corrected chi connectivity index (χ0v) is 19.2. The Morgan fingerprint density at radius 1 is 1.21 bits per heavy atom. The van der Waals surface area contributed by atoms with Gasteiger partial charge in [0.1, 0.15) is 10.6 Å². The Balaban J connectivity index is 2.04. The Hall–Kier alpha value is -1.64. The molecule has 1 unspecified atom stereocenters. The molecule has 0 bridgehead atoms. The van der Waals surface area contributed by atoms with E-state index in [0.717, 1.165) is 17.3 Å². The van der Waals surface area contributed by atoms with Crippen molar-refractivity contribution in [3.05, 3.63) is 52.3 Å². The minimum absolute atomic E-state index is 0.0334. The van der Waals surface area contributed by atoms with Gasteiger partial charge in [-0.15, -0.1) is 0 Å². The van der Waals surface area contributed by atoms with E-state index >= 15 is 0 Å². The third kappa shape index (κ3) is 5.46. The summed E-state index contributed by atoms with van der Waals surface area (Å²) < 4.78 is 29.3. The Kier molecular flexibility index (Phi) is 7.86. The lowest BCUT2D eigenvalue weighted by Crippen LogP contribution is -2.34. The fraction of sp³-hybridized carbons (Fsp3) is 0.450. The van der Waals surface area contributed by atoms with Gasteiger partial charge in [-0.1, -0.05) is 41.9 Å². The molecular formula is C20H28BrN3O3S. The fourth-order valence-electron chi connectivity index (χ4n) is 3.02. The third-order valence-corrected chi connectivity index (χ3v) is 7.26. The summed E-state index contributed by atoms with van der Waals surface area (Å²) in [4.78, 5) is 12.8. The van der Waals surface area contributed by atoms with Crippen LogP contribution < -0.4 is 5.32 Å². The van der Waals surface area contributed by atoms with Crippen molar-refractivity contribution in [1.29, 1.82) is 0 Å². The SMILES string of the molecule is CCN(CC)S(=O)(=O)c1cc(C(=O)NC(C)CCc2ccc(Br)cc2)n(C)c1. The molecule has 0 saturated heterocycles. The second-order valence-corrected chi connectivity index (χ2v) is 9.65. The van der Waals surface area contributed by atoms with Gasteiger partial charge in [-0.2, -0.15) is 4.31 Å². The average molecular weight is 470 g/mol. The lowest BCUT2D eigenvalue weighted by atomic mass is 10.1. The van der Waals surface area contributed by atoms with Crippen molar-refractivity contribution < 1.29 is 13.2 Å². The molecule has 1 aromatic heterocycles. The molecule has 0 aliphatic heterocycles. The predicted octanol–water partition coefficient (Wildman–Crippen LogP) is 3.57. The number of sulfonamides is 1. The molecule has 154 valence electrons. The van der Waals surface area contributed by atoms with Crippen LogP contribution in [0.1, 0.15) is 43.2 Å². The van der Waals surface area contributed by atoms with Crippen molar-refractivity contribution in [3.8, 4) is 0 Å². The van der Waals surface area contributed by atoms with Gasteiger partial charge in [0.05, 0.1) is 0 Å². The number of aryl methyl sites for hydroxylation is 2. The first kappa shape index (κ1) is 22.6. The van der Waals surface area contributed by atoms with Crippen LogP contribution in [0.4, 0.5) is 0 Å². The number of benzene rings is 1. The van der Waals surface area contributed by atoms with Crippen LogP contribution in [-0.4, -0.2) is 42.3 Å². The summed E-state index contributed by atoms with van der Waals surface area (Å²) in [6.45, 7) is 6.33. The Labute approximate surface area is 176 Å². The number of nitrogens with zero attached hydrogens (tertiary/aromatic N) is 2. The van der Waals surface area contributed by atoms with Crippen LogP contribution in [0.15, 0.2) is 45.9 Å². The molecule has 8 heteroatoms. The van der Waals surface area contributed by atoms with E-state index in [1.54, 1.807) is 25.5 Å². The Morgan fingerprint density at radius 3 is 2.39 bits per heavy atom. The molecule has 6 nitrogen and oxygen atoms in total. The van der Waals surface area contributed by atoms with Crippen molar-refractivity contribution in [2.75, 3.05) is 13.1 Å². The molecule has 0 spiro atoms. The minimum atomic E-state index is -3.59. The van der Waals surface area contributed by atoms with Gasteiger partial charge in [0.25, 0.3) is 5.91 Å². The summed E-state index contributed by atoms with van der Waals surface area (Å²) in [5.74, 6) is -0.271. The first-order valence-corrected chi connectivity index (χ1v) is 11.6. The van der Waals surface area contributed by atoms with E-state index in [4.69, 9.17) is 0 Å². The Bertz CT molecular complexity index is 903. The molecule has 0 aliphatic carbocycles. The molecule has 2 aromatic rings. The van der Waals surface area contributed by atoms with Crippen LogP contribution in [0.5, 0.6) is 0 Å². The summed E-state index contributed by atoms with van der Waals surface area (Å²) in [5, 5.41) is 2.96. The van der Waals surface area contributed by atoms with Crippen molar-refractivity contribution in [2.45, 2.75) is 44.6 Å². The second kappa shape index (κ2) is 9.71. The zero-order valence-electron chi connectivity index (χ0n) is 16.8. The van der Waals surface area contributed by atoms with E-state index in [2.05, 4.69) is 33.4 Å². The smallest absolute Gasteiger partial charge is 0.268 e. The number of carbonyl (C=O) groups is 1. The number of hydrogen-bond acceptors (Lipinski definition) is 3. The number of amides is 1. The van der Waals surface area contributed by atoms with Crippen LogP contribution >= 0.6 is 15.9 Å². The van der Waals surface area contributed by atoms with Crippen LogP contribution in [0.25, 0.3) is 0 Å². The summed E-state index contributed by atoms with van der Waals surface area (Å²) in [7, 11) is -1.90. The highest BCUT2D eigenvalue weighted by molar-refractivity contribution is 9.10. The lowest BCUT2D eigenvalue weighted by molar-refractivity contribution is 0.0930. The van der Waals surface area contributed by atoms with Gasteiger partial charge >= 0.3 is 0 Å². The number of aromatic nitrogens is 1. The molecule has 1 N–H and O–H groups in total. The molecular weight excluding hydrogens is 442 g/mol. The normalized spacial score (nSPS) is 12.9. The van der Waals surface area contributed by atoms with Gasteiger partial charge in [-0.25, -0.2) is 8.42 Å². The van der Waals surface area contributed by atoms with Crippen molar-refractivity contribution in [3.63, 3.8) is 0 Å². The largest absolute Gasteiger partial charge is 0.348 e. The van der Waals surface area contributed by atoms with Crippen molar-refractivity contribution >= 4 is 31.9 Å². The first-order chi connectivity index (χ1) is 13.2. The number of hydrogen-bond donors (Lipinski definition) is 1. The van der Waals surface area contributed by atoms with Crippen molar-refractivity contribution in [2.24, 2.45) is 7.05 Å². The zero-order chi connectivity index (χ0) is 20.9. The minimum Gasteiger partial charge on any atom is -0.348 e. The fourth-order valence-corrected chi connectivity index (χ4v) is 4.81. The van der Waals surface area contributed by atoms with E-state index in [1.165, 1.54) is 22.1 Å².